The molecular formula is C10H9ClF4N2O2. The van der Waals surface area contributed by atoms with Crippen LogP contribution in [0.4, 0.5) is 23.2 Å². The number of carbonyl (C=O) groups is 1. The lowest BCUT2D eigenvalue weighted by Gasteiger charge is -2.18. The zero-order valence-electron chi connectivity index (χ0n) is 9.30. The minimum atomic E-state index is -4.38. The minimum Gasteiger partial charge on any atom is -0.485 e. The van der Waals surface area contributed by atoms with Gasteiger partial charge in [-0.25, -0.2) is 8.78 Å². The molecule has 0 aromatic heterocycles. The van der Waals surface area contributed by atoms with E-state index >= 15 is 0 Å². The van der Waals surface area contributed by atoms with Gasteiger partial charge in [-0.1, -0.05) is 11.6 Å². The van der Waals surface area contributed by atoms with Crippen LogP contribution >= 0.6 is 11.6 Å². The molecule has 106 valence electrons. The quantitative estimate of drug-likeness (QED) is 0.647. The first-order chi connectivity index (χ1) is 8.65. The molecule has 1 aromatic rings. The highest BCUT2D eigenvalue weighted by Crippen LogP contribution is 2.33. The first-order valence-corrected chi connectivity index (χ1v) is 5.20. The third-order valence-electron chi connectivity index (χ3n) is 2.06. The van der Waals surface area contributed by atoms with Crippen LogP contribution in [0, 0.1) is 0 Å². The third kappa shape index (κ3) is 3.63. The van der Waals surface area contributed by atoms with Gasteiger partial charge < -0.3 is 16.2 Å². The van der Waals surface area contributed by atoms with Crippen molar-refractivity contribution < 1.29 is 27.1 Å². The highest BCUT2D eigenvalue weighted by atomic mass is 35.5. The van der Waals surface area contributed by atoms with E-state index in [2.05, 4.69) is 4.74 Å². The van der Waals surface area contributed by atoms with Crippen LogP contribution in [-0.4, -0.2) is 24.9 Å². The smallest absolute Gasteiger partial charge is 0.340 e. The van der Waals surface area contributed by atoms with E-state index in [1.165, 1.54) is 0 Å². The Kier molecular flexibility index (Phi) is 4.46. The SMILES string of the molecule is NC(=O)c1cc(N)cc(Cl)c1OCC(F)(F)C(F)F. The van der Waals surface area contributed by atoms with Crippen LogP contribution in [-0.2, 0) is 0 Å². The lowest BCUT2D eigenvalue weighted by atomic mass is 10.1. The molecule has 0 aliphatic carbocycles. The summed E-state index contributed by atoms with van der Waals surface area (Å²) in [6, 6.07) is 2.16. The van der Waals surface area contributed by atoms with Gasteiger partial charge in [0, 0.05) is 5.69 Å². The monoisotopic (exact) mass is 300 g/mol. The van der Waals surface area contributed by atoms with Crippen molar-refractivity contribution in [3.63, 3.8) is 0 Å². The van der Waals surface area contributed by atoms with Gasteiger partial charge in [0.05, 0.1) is 10.6 Å². The van der Waals surface area contributed by atoms with Crippen molar-refractivity contribution in [2.45, 2.75) is 12.3 Å². The van der Waals surface area contributed by atoms with E-state index in [1.807, 2.05) is 0 Å². The van der Waals surface area contributed by atoms with Gasteiger partial charge in [-0.2, -0.15) is 8.78 Å². The fraction of sp³-hybridized carbons (Fsp3) is 0.300. The van der Waals surface area contributed by atoms with Crippen molar-refractivity contribution in [1.29, 1.82) is 0 Å². The molecule has 4 N–H and O–H groups in total. The molecule has 1 rings (SSSR count). The maximum absolute atomic E-state index is 12.7. The molecule has 0 bridgehead atoms. The molecule has 1 aromatic carbocycles. The number of rotatable bonds is 5. The van der Waals surface area contributed by atoms with Crippen molar-refractivity contribution in [2.24, 2.45) is 5.73 Å². The Morgan fingerprint density at radius 2 is 2.00 bits per heavy atom. The second-order valence-electron chi connectivity index (χ2n) is 3.59. The molecule has 4 nitrogen and oxygen atoms in total. The number of halogens is 5. The predicted molar refractivity (Wildman–Crippen MR) is 60.8 cm³/mol. The fourth-order valence-electron chi connectivity index (χ4n) is 1.18. The number of nitrogen functional groups attached to an aromatic ring is 1. The summed E-state index contributed by atoms with van der Waals surface area (Å²) < 4.78 is 53.9. The van der Waals surface area contributed by atoms with E-state index in [0.29, 0.717) is 0 Å². The standard InChI is InChI=1S/C10H9ClF4N2O2/c11-6-2-4(16)1-5(8(17)18)7(6)19-3-10(14,15)9(12)13/h1-2,9H,3,16H2,(H2,17,18). The summed E-state index contributed by atoms with van der Waals surface area (Å²) in [5.74, 6) is -5.92. The highest BCUT2D eigenvalue weighted by Gasteiger charge is 2.42. The summed E-state index contributed by atoms with van der Waals surface area (Å²) in [7, 11) is 0. The molecule has 0 atom stereocenters. The summed E-state index contributed by atoms with van der Waals surface area (Å²) in [6.45, 7) is -1.64. The number of alkyl halides is 4. The van der Waals surface area contributed by atoms with E-state index in [1.54, 1.807) is 0 Å². The van der Waals surface area contributed by atoms with Crippen LogP contribution in [0.1, 0.15) is 10.4 Å². The second kappa shape index (κ2) is 5.52. The predicted octanol–water partition coefficient (Wildman–Crippen LogP) is 2.30. The molecule has 0 saturated heterocycles. The maximum Gasteiger partial charge on any atom is 0.340 e. The van der Waals surface area contributed by atoms with Crippen LogP contribution in [0.3, 0.4) is 0 Å². The molecule has 0 fully saturated rings. The molecular weight excluding hydrogens is 292 g/mol. The Labute approximate surface area is 110 Å². The largest absolute Gasteiger partial charge is 0.485 e. The van der Waals surface area contributed by atoms with Gasteiger partial charge in [-0.15, -0.1) is 0 Å². The van der Waals surface area contributed by atoms with Crippen molar-refractivity contribution >= 4 is 23.2 Å². The van der Waals surface area contributed by atoms with Gasteiger partial charge in [0.2, 0.25) is 0 Å². The molecule has 0 radical (unpaired) electrons. The average molecular weight is 301 g/mol. The number of ether oxygens (including phenoxy) is 1. The lowest BCUT2D eigenvalue weighted by molar-refractivity contribution is -0.148. The number of nitrogens with two attached hydrogens (primary N) is 2. The fourth-order valence-corrected chi connectivity index (χ4v) is 1.46. The second-order valence-corrected chi connectivity index (χ2v) is 4.00. The summed E-state index contributed by atoms with van der Waals surface area (Å²) in [5.41, 5.74) is 10.0. The van der Waals surface area contributed by atoms with Crippen LogP contribution in [0.15, 0.2) is 12.1 Å². The Balaban J connectivity index is 3.04. The molecule has 0 aliphatic heterocycles. The maximum atomic E-state index is 12.7. The van der Waals surface area contributed by atoms with Crippen molar-refractivity contribution in [3.05, 3.63) is 22.7 Å². The number of hydrogen-bond donors (Lipinski definition) is 2. The molecule has 19 heavy (non-hydrogen) atoms. The van der Waals surface area contributed by atoms with Crippen LogP contribution in [0.2, 0.25) is 5.02 Å². The number of amides is 1. The highest BCUT2D eigenvalue weighted by molar-refractivity contribution is 6.33. The molecule has 1 amide bonds. The number of anilines is 1. The number of benzene rings is 1. The normalized spacial score (nSPS) is 11.7. The summed E-state index contributed by atoms with van der Waals surface area (Å²) in [5, 5.41) is -0.279. The van der Waals surface area contributed by atoms with E-state index in [4.69, 9.17) is 23.1 Å². The number of primary amides is 1. The summed E-state index contributed by atoms with van der Waals surface area (Å²) in [4.78, 5) is 11.1. The topological polar surface area (TPSA) is 78.3 Å². The molecule has 0 aliphatic rings. The molecule has 0 unspecified atom stereocenters. The van der Waals surface area contributed by atoms with Gasteiger partial charge in [0.25, 0.3) is 5.91 Å². The molecule has 0 spiro atoms. The number of hydrogen-bond acceptors (Lipinski definition) is 3. The first-order valence-electron chi connectivity index (χ1n) is 4.82. The van der Waals surface area contributed by atoms with Crippen LogP contribution < -0.4 is 16.2 Å². The lowest BCUT2D eigenvalue weighted by Crippen LogP contribution is -2.34. The Morgan fingerprint density at radius 3 is 2.47 bits per heavy atom. The van der Waals surface area contributed by atoms with Crippen LogP contribution in [0.25, 0.3) is 0 Å². The minimum absolute atomic E-state index is 0.0479. The molecule has 9 heteroatoms. The Morgan fingerprint density at radius 1 is 1.42 bits per heavy atom. The van der Waals surface area contributed by atoms with E-state index in [9.17, 15) is 22.4 Å². The van der Waals surface area contributed by atoms with E-state index in [0.717, 1.165) is 12.1 Å². The third-order valence-corrected chi connectivity index (χ3v) is 2.34. The Bertz CT molecular complexity index is 497. The van der Waals surface area contributed by atoms with Gasteiger partial charge in [-0.05, 0) is 12.1 Å². The zero-order chi connectivity index (χ0) is 14.8. The average Bonchev–Trinajstić information content (AvgIpc) is 2.26. The zero-order valence-corrected chi connectivity index (χ0v) is 10.1. The van der Waals surface area contributed by atoms with Gasteiger partial charge >= 0.3 is 12.3 Å². The van der Waals surface area contributed by atoms with Crippen molar-refractivity contribution in [3.8, 4) is 5.75 Å². The summed E-state index contributed by atoms with van der Waals surface area (Å²) in [6.07, 6.45) is -3.91. The van der Waals surface area contributed by atoms with E-state index < -0.39 is 30.6 Å². The van der Waals surface area contributed by atoms with Crippen molar-refractivity contribution in [1.82, 2.24) is 0 Å². The number of carbonyl (C=O) groups excluding carboxylic acids is 1. The molecule has 0 saturated carbocycles. The van der Waals surface area contributed by atoms with Gasteiger partial charge in [-0.3, -0.25) is 4.79 Å². The Hall–Kier alpha value is -1.70. The van der Waals surface area contributed by atoms with Crippen LogP contribution in [0.5, 0.6) is 5.75 Å². The first kappa shape index (κ1) is 15.4. The van der Waals surface area contributed by atoms with Gasteiger partial charge in [0.1, 0.15) is 0 Å². The van der Waals surface area contributed by atoms with Gasteiger partial charge in [0.15, 0.2) is 12.4 Å². The molecule has 0 heterocycles. The van der Waals surface area contributed by atoms with E-state index in [-0.39, 0.29) is 16.3 Å². The van der Waals surface area contributed by atoms with Crippen molar-refractivity contribution in [2.75, 3.05) is 12.3 Å². The summed E-state index contributed by atoms with van der Waals surface area (Å²) >= 11 is 5.64.